The van der Waals surface area contributed by atoms with E-state index in [1.54, 1.807) is 0 Å². The number of nitrogens with zero attached hydrogens (tertiary/aromatic N) is 1. The van der Waals surface area contributed by atoms with Gasteiger partial charge in [0.1, 0.15) is 11.6 Å². The van der Waals surface area contributed by atoms with Crippen molar-refractivity contribution in [1.82, 2.24) is 10.2 Å². The summed E-state index contributed by atoms with van der Waals surface area (Å²) in [5.74, 6) is -0.883. The van der Waals surface area contributed by atoms with Gasteiger partial charge >= 0.3 is 6.18 Å². The van der Waals surface area contributed by atoms with Gasteiger partial charge in [0.2, 0.25) is 0 Å². The fourth-order valence-electron chi connectivity index (χ4n) is 1.46. The number of hydrogen-bond acceptors (Lipinski definition) is 2. The fourth-order valence-corrected chi connectivity index (χ4v) is 1.46. The molecule has 0 spiro atoms. The van der Waals surface area contributed by atoms with Crippen molar-refractivity contribution in [2.45, 2.75) is 6.18 Å². The van der Waals surface area contributed by atoms with Crippen LogP contribution in [-0.4, -0.2) is 10.2 Å². The maximum absolute atomic E-state index is 12.8. The Morgan fingerprint density at radius 3 is 2.41 bits per heavy atom. The first-order valence-corrected chi connectivity index (χ1v) is 4.56. The minimum absolute atomic E-state index is 0.0671. The van der Waals surface area contributed by atoms with Gasteiger partial charge in [-0.05, 0) is 18.2 Å². The van der Waals surface area contributed by atoms with Crippen molar-refractivity contribution >= 4 is 5.82 Å². The molecule has 90 valence electrons. The number of halogens is 4. The number of nitrogens with one attached hydrogen (secondary N) is 1. The number of benzene rings is 1. The van der Waals surface area contributed by atoms with Gasteiger partial charge in [0.15, 0.2) is 0 Å². The summed E-state index contributed by atoms with van der Waals surface area (Å²) in [5.41, 5.74) is 4.14. The van der Waals surface area contributed by atoms with Gasteiger partial charge in [-0.25, -0.2) is 4.39 Å². The quantitative estimate of drug-likeness (QED) is 0.759. The Hall–Kier alpha value is -2.05. The molecule has 0 saturated heterocycles. The monoisotopic (exact) mass is 245 g/mol. The molecule has 0 bridgehead atoms. The highest BCUT2D eigenvalue weighted by Crippen LogP contribution is 2.37. The third kappa shape index (κ3) is 2.22. The molecule has 0 unspecified atom stereocenters. The Morgan fingerprint density at radius 1 is 1.18 bits per heavy atom. The van der Waals surface area contributed by atoms with E-state index in [0.717, 1.165) is 12.1 Å². The summed E-state index contributed by atoms with van der Waals surface area (Å²) in [6.45, 7) is 0. The third-order valence-electron chi connectivity index (χ3n) is 2.17. The molecule has 3 N–H and O–H groups in total. The molecule has 0 aliphatic heterocycles. The second-order valence-corrected chi connectivity index (χ2v) is 3.39. The minimum Gasteiger partial charge on any atom is -0.382 e. The van der Waals surface area contributed by atoms with Crippen molar-refractivity contribution in [2.75, 3.05) is 5.73 Å². The summed E-state index contributed by atoms with van der Waals surface area (Å²) in [4.78, 5) is 0. The van der Waals surface area contributed by atoms with Crippen LogP contribution in [0.5, 0.6) is 0 Å². The highest BCUT2D eigenvalue weighted by atomic mass is 19.4. The first-order chi connectivity index (χ1) is 7.88. The van der Waals surface area contributed by atoms with E-state index in [1.807, 2.05) is 0 Å². The largest absolute Gasteiger partial charge is 0.417 e. The molecule has 2 aromatic rings. The smallest absolute Gasteiger partial charge is 0.382 e. The summed E-state index contributed by atoms with van der Waals surface area (Å²) >= 11 is 0. The maximum Gasteiger partial charge on any atom is 0.417 e. The van der Waals surface area contributed by atoms with Crippen LogP contribution in [0.1, 0.15) is 5.56 Å². The number of nitrogens with two attached hydrogens (primary N) is 1. The maximum atomic E-state index is 12.8. The molecule has 7 heteroatoms. The molecule has 0 amide bonds. The van der Waals surface area contributed by atoms with Crippen LogP contribution in [0.4, 0.5) is 23.4 Å². The molecule has 0 aliphatic rings. The molecule has 2 rings (SSSR count). The van der Waals surface area contributed by atoms with Crippen LogP contribution >= 0.6 is 0 Å². The summed E-state index contributed by atoms with van der Waals surface area (Å²) in [5, 5.41) is 5.89. The van der Waals surface area contributed by atoms with E-state index in [2.05, 4.69) is 10.2 Å². The number of aromatic amines is 1. The van der Waals surface area contributed by atoms with Crippen molar-refractivity contribution < 1.29 is 17.6 Å². The molecule has 0 atom stereocenters. The van der Waals surface area contributed by atoms with Crippen molar-refractivity contribution in [3.63, 3.8) is 0 Å². The number of H-pyrrole nitrogens is 1. The van der Waals surface area contributed by atoms with Gasteiger partial charge in [-0.1, -0.05) is 0 Å². The van der Waals surface area contributed by atoms with Crippen molar-refractivity contribution in [2.24, 2.45) is 0 Å². The van der Waals surface area contributed by atoms with E-state index in [4.69, 9.17) is 5.73 Å². The molecule has 0 aliphatic carbocycles. The Balaban J connectivity index is 2.61. The Kier molecular flexibility index (Phi) is 2.53. The SMILES string of the molecule is Nc1cc(-c2ccc(F)cc2C(F)(F)F)[nH]n1. The molecule has 17 heavy (non-hydrogen) atoms. The summed E-state index contributed by atoms with van der Waals surface area (Å²) in [6.07, 6.45) is -4.64. The van der Waals surface area contributed by atoms with Crippen LogP contribution in [0.3, 0.4) is 0 Å². The van der Waals surface area contributed by atoms with E-state index < -0.39 is 17.6 Å². The highest BCUT2D eigenvalue weighted by molar-refractivity contribution is 5.66. The number of anilines is 1. The Bertz CT molecular complexity index is 545. The zero-order chi connectivity index (χ0) is 12.6. The van der Waals surface area contributed by atoms with E-state index in [1.165, 1.54) is 6.07 Å². The van der Waals surface area contributed by atoms with Crippen LogP contribution < -0.4 is 5.73 Å². The van der Waals surface area contributed by atoms with Gasteiger partial charge in [0.25, 0.3) is 0 Å². The summed E-state index contributed by atoms with van der Waals surface area (Å²) in [6, 6.07) is 3.67. The second-order valence-electron chi connectivity index (χ2n) is 3.39. The third-order valence-corrected chi connectivity index (χ3v) is 2.17. The highest BCUT2D eigenvalue weighted by Gasteiger charge is 2.34. The first kappa shape index (κ1) is 11.4. The minimum atomic E-state index is -4.64. The summed E-state index contributed by atoms with van der Waals surface area (Å²) in [7, 11) is 0. The van der Waals surface area contributed by atoms with Gasteiger partial charge in [-0.15, -0.1) is 0 Å². The van der Waals surface area contributed by atoms with Gasteiger partial charge in [-0.2, -0.15) is 18.3 Å². The van der Waals surface area contributed by atoms with E-state index in [9.17, 15) is 17.6 Å². The first-order valence-electron chi connectivity index (χ1n) is 4.56. The molecular formula is C10H7F4N3. The van der Waals surface area contributed by atoms with E-state index >= 15 is 0 Å². The van der Waals surface area contributed by atoms with Crippen molar-refractivity contribution in [3.8, 4) is 11.3 Å². The average molecular weight is 245 g/mol. The molecule has 3 nitrogen and oxygen atoms in total. The zero-order valence-corrected chi connectivity index (χ0v) is 8.35. The lowest BCUT2D eigenvalue weighted by molar-refractivity contribution is -0.137. The van der Waals surface area contributed by atoms with Gasteiger partial charge in [0, 0.05) is 11.6 Å². The van der Waals surface area contributed by atoms with Crippen LogP contribution in [0.25, 0.3) is 11.3 Å². The van der Waals surface area contributed by atoms with Crippen LogP contribution in [-0.2, 0) is 6.18 Å². The molecule has 0 saturated carbocycles. The molecule has 1 heterocycles. The zero-order valence-electron chi connectivity index (χ0n) is 8.35. The lowest BCUT2D eigenvalue weighted by atomic mass is 10.0. The molecule has 1 aromatic carbocycles. The fraction of sp³-hybridized carbons (Fsp3) is 0.100. The lowest BCUT2D eigenvalue weighted by Gasteiger charge is -2.11. The van der Waals surface area contributed by atoms with Gasteiger partial charge in [-0.3, -0.25) is 5.10 Å². The van der Waals surface area contributed by atoms with Crippen molar-refractivity contribution in [1.29, 1.82) is 0 Å². The normalized spacial score (nSPS) is 11.8. The predicted octanol–water partition coefficient (Wildman–Crippen LogP) is 2.82. The molecular weight excluding hydrogens is 238 g/mol. The Labute approximate surface area is 93.3 Å². The lowest BCUT2D eigenvalue weighted by Crippen LogP contribution is -2.07. The average Bonchev–Trinajstić information content (AvgIpc) is 2.63. The van der Waals surface area contributed by atoms with Crippen molar-refractivity contribution in [3.05, 3.63) is 35.6 Å². The number of alkyl halides is 3. The van der Waals surface area contributed by atoms with Gasteiger partial charge < -0.3 is 5.73 Å². The van der Waals surface area contributed by atoms with Crippen LogP contribution in [0.2, 0.25) is 0 Å². The summed E-state index contributed by atoms with van der Waals surface area (Å²) < 4.78 is 50.9. The van der Waals surface area contributed by atoms with E-state index in [0.29, 0.717) is 6.07 Å². The Morgan fingerprint density at radius 2 is 1.88 bits per heavy atom. The molecule has 0 fully saturated rings. The van der Waals surface area contributed by atoms with E-state index in [-0.39, 0.29) is 17.1 Å². The van der Waals surface area contributed by atoms with Crippen LogP contribution in [0, 0.1) is 5.82 Å². The second kappa shape index (κ2) is 3.76. The topological polar surface area (TPSA) is 54.7 Å². The number of aromatic nitrogens is 2. The molecule has 1 aromatic heterocycles. The van der Waals surface area contributed by atoms with Crippen LogP contribution in [0.15, 0.2) is 24.3 Å². The standard InChI is InChI=1S/C10H7F4N3/c11-5-1-2-6(7(3-5)10(12,13)14)8-4-9(15)17-16-8/h1-4H,(H3,15,16,17). The van der Waals surface area contributed by atoms with Gasteiger partial charge in [0.05, 0.1) is 11.3 Å². The predicted molar refractivity (Wildman–Crippen MR) is 53.4 cm³/mol. The number of nitrogen functional groups attached to an aromatic ring is 1. The number of rotatable bonds is 1. The molecule has 0 radical (unpaired) electrons. The number of hydrogen-bond donors (Lipinski definition) is 2.